The van der Waals surface area contributed by atoms with Crippen molar-refractivity contribution >= 4 is 17.6 Å². The number of nitrogens with one attached hydrogen (secondary N) is 1. The quantitative estimate of drug-likeness (QED) is 0.585. The molecule has 0 bridgehead atoms. The summed E-state index contributed by atoms with van der Waals surface area (Å²) in [7, 11) is 0. The van der Waals surface area contributed by atoms with Gasteiger partial charge in [0.2, 0.25) is 0 Å². The van der Waals surface area contributed by atoms with E-state index in [-0.39, 0.29) is 11.7 Å². The van der Waals surface area contributed by atoms with Crippen LogP contribution < -0.4 is 5.32 Å². The van der Waals surface area contributed by atoms with E-state index < -0.39 is 41.6 Å². The van der Waals surface area contributed by atoms with E-state index in [1.165, 1.54) is 12.1 Å². The predicted octanol–water partition coefficient (Wildman–Crippen LogP) is 3.82. The van der Waals surface area contributed by atoms with Gasteiger partial charge in [0.1, 0.15) is 0 Å². The van der Waals surface area contributed by atoms with Crippen LogP contribution in [0.1, 0.15) is 29.8 Å². The van der Waals surface area contributed by atoms with Crippen LogP contribution >= 0.6 is 0 Å². The van der Waals surface area contributed by atoms with Gasteiger partial charge in [-0.05, 0) is 43.7 Å². The molecule has 5 nitrogen and oxygen atoms in total. The van der Waals surface area contributed by atoms with Crippen molar-refractivity contribution in [3.63, 3.8) is 0 Å². The van der Waals surface area contributed by atoms with E-state index in [0.29, 0.717) is 12.7 Å². The van der Waals surface area contributed by atoms with Crippen LogP contribution in [-0.4, -0.2) is 24.6 Å². The van der Waals surface area contributed by atoms with Gasteiger partial charge in [-0.3, -0.25) is 4.79 Å². The summed E-state index contributed by atoms with van der Waals surface area (Å²) < 4.78 is 49.7. The number of halogens is 3. The molecular formula is C19H18F3NO4. The van der Waals surface area contributed by atoms with Crippen molar-refractivity contribution < 1.29 is 32.2 Å². The molecule has 0 heterocycles. The first kappa shape index (κ1) is 20.4. The van der Waals surface area contributed by atoms with Crippen LogP contribution in [0.15, 0.2) is 36.4 Å². The number of rotatable bonds is 7. The monoisotopic (exact) mass is 381 g/mol. The van der Waals surface area contributed by atoms with Crippen LogP contribution in [0.25, 0.3) is 0 Å². The Morgan fingerprint density at radius 2 is 1.67 bits per heavy atom. The molecule has 0 saturated heterocycles. The van der Waals surface area contributed by atoms with Crippen LogP contribution in [0.4, 0.5) is 18.9 Å². The van der Waals surface area contributed by atoms with E-state index in [2.05, 4.69) is 0 Å². The summed E-state index contributed by atoms with van der Waals surface area (Å²) in [5.74, 6) is -6.26. The average Bonchev–Trinajstić information content (AvgIpc) is 2.65. The molecule has 27 heavy (non-hydrogen) atoms. The molecule has 0 spiro atoms. The molecule has 0 aromatic heterocycles. The third-order valence-electron chi connectivity index (χ3n) is 3.42. The summed E-state index contributed by atoms with van der Waals surface area (Å²) >= 11 is 0. The number of hydrogen-bond acceptors (Lipinski definition) is 4. The third-order valence-corrected chi connectivity index (χ3v) is 3.42. The maximum atomic E-state index is 13.5. The molecule has 2 aromatic carbocycles. The Morgan fingerprint density at radius 3 is 2.30 bits per heavy atom. The molecule has 0 saturated carbocycles. The average molecular weight is 381 g/mol. The summed E-state index contributed by atoms with van der Waals surface area (Å²) in [5, 5.41) is 2.01. The lowest BCUT2D eigenvalue weighted by molar-refractivity contribution is -0.119. The van der Waals surface area contributed by atoms with E-state index in [0.717, 1.165) is 11.6 Å². The zero-order valence-electron chi connectivity index (χ0n) is 14.7. The topological polar surface area (TPSA) is 64.6 Å². The van der Waals surface area contributed by atoms with Crippen LogP contribution in [0.5, 0.6) is 0 Å². The Kier molecular flexibility index (Phi) is 6.95. The summed E-state index contributed by atoms with van der Waals surface area (Å²) in [4.78, 5) is 23.6. The Bertz CT molecular complexity index is 822. The van der Waals surface area contributed by atoms with Crippen LogP contribution in [-0.2, 0) is 20.9 Å². The molecule has 0 aliphatic heterocycles. The minimum atomic E-state index is -1.70. The van der Waals surface area contributed by atoms with Gasteiger partial charge in [-0.15, -0.1) is 0 Å². The highest BCUT2D eigenvalue weighted by Crippen LogP contribution is 2.19. The maximum Gasteiger partial charge on any atom is 0.338 e. The summed E-state index contributed by atoms with van der Waals surface area (Å²) in [6, 6.07) is 7.96. The van der Waals surface area contributed by atoms with Crippen molar-refractivity contribution in [3.8, 4) is 0 Å². The molecule has 0 aliphatic carbocycles. The molecule has 0 unspecified atom stereocenters. The zero-order valence-corrected chi connectivity index (χ0v) is 14.7. The fourth-order valence-corrected chi connectivity index (χ4v) is 2.02. The third kappa shape index (κ3) is 5.82. The number of esters is 1. The van der Waals surface area contributed by atoms with Gasteiger partial charge >= 0.3 is 5.97 Å². The molecular weight excluding hydrogens is 363 g/mol. The largest absolute Gasteiger partial charge is 0.452 e. The second kappa shape index (κ2) is 9.18. The Balaban J connectivity index is 1.88. The minimum absolute atomic E-state index is 0.0765. The molecule has 0 fully saturated rings. The molecule has 1 amide bonds. The van der Waals surface area contributed by atoms with Crippen molar-refractivity contribution in [2.75, 3.05) is 11.9 Å². The minimum Gasteiger partial charge on any atom is -0.452 e. The van der Waals surface area contributed by atoms with E-state index in [4.69, 9.17) is 9.47 Å². The molecule has 8 heteroatoms. The van der Waals surface area contributed by atoms with Gasteiger partial charge in [0, 0.05) is 0 Å². The smallest absolute Gasteiger partial charge is 0.338 e. The molecule has 0 aliphatic rings. The molecule has 0 radical (unpaired) electrons. The standard InChI is InChI=1S/C19H18F3NO4/c1-11(2)26-9-12-3-5-13(6-4-12)19(25)27-10-16(24)23-15-8-7-14(20)17(21)18(15)22/h3-8,11H,9-10H2,1-2H3,(H,23,24). The van der Waals surface area contributed by atoms with Crippen molar-refractivity contribution in [3.05, 3.63) is 65.0 Å². The van der Waals surface area contributed by atoms with Crippen LogP contribution in [0.2, 0.25) is 0 Å². The molecule has 0 atom stereocenters. The lowest BCUT2D eigenvalue weighted by Gasteiger charge is -2.09. The number of anilines is 1. The number of amides is 1. The van der Waals surface area contributed by atoms with Crippen molar-refractivity contribution in [2.45, 2.75) is 26.6 Å². The predicted molar refractivity (Wildman–Crippen MR) is 91.6 cm³/mol. The van der Waals surface area contributed by atoms with E-state index in [1.54, 1.807) is 12.1 Å². The first-order valence-electron chi connectivity index (χ1n) is 8.09. The van der Waals surface area contributed by atoms with E-state index in [1.807, 2.05) is 19.2 Å². The van der Waals surface area contributed by atoms with E-state index in [9.17, 15) is 22.8 Å². The lowest BCUT2D eigenvalue weighted by atomic mass is 10.1. The highest BCUT2D eigenvalue weighted by atomic mass is 19.2. The molecule has 144 valence electrons. The SMILES string of the molecule is CC(C)OCc1ccc(C(=O)OCC(=O)Nc2ccc(F)c(F)c2F)cc1. The van der Waals surface area contributed by atoms with Gasteiger partial charge in [-0.25, -0.2) is 18.0 Å². The summed E-state index contributed by atoms with van der Waals surface area (Å²) in [5.41, 5.74) is 0.534. The maximum absolute atomic E-state index is 13.5. The van der Waals surface area contributed by atoms with Crippen LogP contribution in [0, 0.1) is 17.5 Å². The second-order valence-corrected chi connectivity index (χ2v) is 5.90. The Labute approximate surface area is 154 Å². The van der Waals surface area contributed by atoms with Gasteiger partial charge in [-0.1, -0.05) is 12.1 Å². The van der Waals surface area contributed by atoms with Crippen molar-refractivity contribution in [2.24, 2.45) is 0 Å². The first-order valence-corrected chi connectivity index (χ1v) is 8.09. The molecule has 1 N–H and O–H groups in total. The molecule has 2 aromatic rings. The van der Waals surface area contributed by atoms with Gasteiger partial charge in [0.25, 0.3) is 5.91 Å². The van der Waals surface area contributed by atoms with Crippen molar-refractivity contribution in [1.29, 1.82) is 0 Å². The molecule has 2 rings (SSSR count). The highest BCUT2D eigenvalue weighted by Gasteiger charge is 2.16. The number of carbonyl (C=O) groups excluding carboxylic acids is 2. The van der Waals surface area contributed by atoms with E-state index >= 15 is 0 Å². The van der Waals surface area contributed by atoms with Gasteiger partial charge in [-0.2, -0.15) is 0 Å². The fourth-order valence-electron chi connectivity index (χ4n) is 2.02. The Morgan fingerprint density at radius 1 is 1.00 bits per heavy atom. The van der Waals surface area contributed by atoms with Gasteiger partial charge in [0.05, 0.1) is 24.0 Å². The normalized spacial score (nSPS) is 10.7. The second-order valence-electron chi connectivity index (χ2n) is 5.90. The summed E-state index contributed by atoms with van der Waals surface area (Å²) in [6.45, 7) is 3.50. The summed E-state index contributed by atoms with van der Waals surface area (Å²) in [6.07, 6.45) is 0.0765. The zero-order chi connectivity index (χ0) is 20.0. The van der Waals surface area contributed by atoms with Gasteiger partial charge in [0.15, 0.2) is 24.1 Å². The number of hydrogen-bond donors (Lipinski definition) is 1. The highest BCUT2D eigenvalue weighted by molar-refractivity contribution is 5.95. The van der Waals surface area contributed by atoms with Crippen molar-refractivity contribution in [1.82, 2.24) is 0 Å². The van der Waals surface area contributed by atoms with Gasteiger partial charge < -0.3 is 14.8 Å². The first-order chi connectivity index (χ1) is 12.8. The Hall–Kier alpha value is -2.87. The number of benzene rings is 2. The number of carbonyl (C=O) groups is 2. The fraction of sp³-hybridized carbons (Fsp3) is 0.263. The lowest BCUT2D eigenvalue weighted by Crippen LogP contribution is -2.21. The number of ether oxygens (including phenoxy) is 2. The van der Waals surface area contributed by atoms with Crippen LogP contribution in [0.3, 0.4) is 0 Å².